The lowest BCUT2D eigenvalue weighted by molar-refractivity contribution is 0.0923. The number of hydrogen-bond donors (Lipinski definition) is 1. The highest BCUT2D eigenvalue weighted by atomic mass is 15.2. The fraction of sp³-hybridized carbons (Fsp3) is 1.00. The standard InChI is InChI=1S/C14H26N2/c1-10-9-16(6-5-15-10)11(2)14-8-12-3-4-13(14)7-12/h10-15H,3-9H2,1-2H3. The predicted octanol–water partition coefficient (Wildman–Crippen LogP) is 2.10. The third-order valence-electron chi connectivity index (χ3n) is 5.39. The summed E-state index contributed by atoms with van der Waals surface area (Å²) in [7, 11) is 0. The minimum atomic E-state index is 0.690. The maximum Gasteiger partial charge on any atom is 0.0167 e. The molecule has 0 aromatic rings. The average Bonchev–Trinajstić information content (AvgIpc) is 2.89. The largest absolute Gasteiger partial charge is 0.312 e. The lowest BCUT2D eigenvalue weighted by atomic mass is 9.83. The van der Waals surface area contributed by atoms with Gasteiger partial charge < -0.3 is 5.32 Å². The lowest BCUT2D eigenvalue weighted by Gasteiger charge is -2.41. The number of nitrogens with zero attached hydrogens (tertiary/aromatic N) is 1. The van der Waals surface area contributed by atoms with Gasteiger partial charge in [-0.1, -0.05) is 6.42 Å². The van der Waals surface area contributed by atoms with E-state index >= 15 is 0 Å². The summed E-state index contributed by atoms with van der Waals surface area (Å²) < 4.78 is 0. The molecular formula is C14H26N2. The van der Waals surface area contributed by atoms with Crippen LogP contribution in [0.15, 0.2) is 0 Å². The fourth-order valence-corrected chi connectivity index (χ4v) is 4.49. The molecule has 1 aliphatic heterocycles. The van der Waals surface area contributed by atoms with Gasteiger partial charge in [0.1, 0.15) is 0 Å². The van der Waals surface area contributed by atoms with E-state index in [-0.39, 0.29) is 0 Å². The van der Waals surface area contributed by atoms with Crippen LogP contribution in [0.1, 0.15) is 39.5 Å². The van der Waals surface area contributed by atoms with Gasteiger partial charge >= 0.3 is 0 Å². The highest BCUT2D eigenvalue weighted by Crippen LogP contribution is 2.50. The zero-order valence-electron chi connectivity index (χ0n) is 10.8. The summed E-state index contributed by atoms with van der Waals surface area (Å²) in [6.07, 6.45) is 6.15. The number of rotatable bonds is 2. The summed E-state index contributed by atoms with van der Waals surface area (Å²) in [4.78, 5) is 2.74. The Kier molecular flexibility index (Phi) is 2.97. The Morgan fingerprint density at radius 2 is 2.12 bits per heavy atom. The highest BCUT2D eigenvalue weighted by molar-refractivity contribution is 4.95. The molecule has 3 rings (SSSR count). The molecule has 5 unspecified atom stereocenters. The van der Waals surface area contributed by atoms with Gasteiger partial charge in [-0.2, -0.15) is 0 Å². The zero-order valence-corrected chi connectivity index (χ0v) is 10.8. The molecule has 2 saturated carbocycles. The molecule has 3 fully saturated rings. The van der Waals surface area contributed by atoms with Crippen LogP contribution in [-0.4, -0.2) is 36.6 Å². The lowest BCUT2D eigenvalue weighted by Crippen LogP contribution is -2.54. The molecule has 2 nitrogen and oxygen atoms in total. The maximum absolute atomic E-state index is 3.55. The molecular weight excluding hydrogens is 196 g/mol. The van der Waals surface area contributed by atoms with Crippen molar-refractivity contribution in [2.24, 2.45) is 17.8 Å². The molecule has 0 spiro atoms. The molecule has 2 aliphatic carbocycles. The van der Waals surface area contributed by atoms with Crippen molar-refractivity contribution in [2.75, 3.05) is 19.6 Å². The highest BCUT2D eigenvalue weighted by Gasteiger charge is 2.43. The second kappa shape index (κ2) is 4.30. The molecule has 0 aromatic carbocycles. The van der Waals surface area contributed by atoms with E-state index < -0.39 is 0 Å². The summed E-state index contributed by atoms with van der Waals surface area (Å²) >= 11 is 0. The van der Waals surface area contributed by atoms with Gasteiger partial charge in [0.25, 0.3) is 0 Å². The fourth-order valence-electron chi connectivity index (χ4n) is 4.49. The smallest absolute Gasteiger partial charge is 0.0167 e. The Morgan fingerprint density at radius 1 is 1.25 bits per heavy atom. The summed E-state index contributed by atoms with van der Waals surface area (Å²) in [6, 6.07) is 1.52. The van der Waals surface area contributed by atoms with Crippen molar-refractivity contribution in [3.05, 3.63) is 0 Å². The normalized spacial score (nSPS) is 46.1. The average molecular weight is 222 g/mol. The summed E-state index contributed by atoms with van der Waals surface area (Å²) in [5.74, 6) is 3.19. The van der Waals surface area contributed by atoms with E-state index in [1.54, 1.807) is 6.42 Å². The molecule has 92 valence electrons. The van der Waals surface area contributed by atoms with Crippen molar-refractivity contribution in [3.8, 4) is 0 Å². The van der Waals surface area contributed by atoms with Crippen LogP contribution in [-0.2, 0) is 0 Å². The molecule has 0 radical (unpaired) electrons. The van der Waals surface area contributed by atoms with Crippen LogP contribution in [0.3, 0.4) is 0 Å². The third-order valence-corrected chi connectivity index (χ3v) is 5.39. The molecule has 1 saturated heterocycles. The van der Waals surface area contributed by atoms with Crippen molar-refractivity contribution < 1.29 is 0 Å². The van der Waals surface area contributed by atoms with Gasteiger partial charge in [0, 0.05) is 31.7 Å². The Balaban J connectivity index is 1.61. The summed E-state index contributed by atoms with van der Waals surface area (Å²) in [5.41, 5.74) is 0. The van der Waals surface area contributed by atoms with Gasteiger partial charge in [-0.15, -0.1) is 0 Å². The molecule has 2 heteroatoms. The molecule has 2 bridgehead atoms. The molecule has 5 atom stereocenters. The van der Waals surface area contributed by atoms with Crippen molar-refractivity contribution in [1.82, 2.24) is 10.2 Å². The Labute approximate surface area is 99.8 Å². The van der Waals surface area contributed by atoms with Crippen molar-refractivity contribution in [1.29, 1.82) is 0 Å². The van der Waals surface area contributed by atoms with Crippen LogP contribution in [0.2, 0.25) is 0 Å². The number of piperazine rings is 1. The van der Waals surface area contributed by atoms with E-state index in [0.717, 1.165) is 23.8 Å². The van der Waals surface area contributed by atoms with Crippen LogP contribution < -0.4 is 5.32 Å². The number of nitrogens with one attached hydrogen (secondary N) is 1. The SMILES string of the molecule is CC1CN(C(C)C2CC3CCC2C3)CCN1. The summed E-state index contributed by atoms with van der Waals surface area (Å²) in [5, 5.41) is 3.55. The van der Waals surface area contributed by atoms with Crippen molar-refractivity contribution in [2.45, 2.75) is 51.6 Å². The van der Waals surface area contributed by atoms with Crippen LogP contribution >= 0.6 is 0 Å². The van der Waals surface area contributed by atoms with E-state index in [0.29, 0.717) is 6.04 Å². The van der Waals surface area contributed by atoms with Gasteiger partial charge in [-0.05, 0) is 50.9 Å². The maximum atomic E-state index is 3.55. The van der Waals surface area contributed by atoms with E-state index in [9.17, 15) is 0 Å². The zero-order chi connectivity index (χ0) is 11.1. The minimum absolute atomic E-state index is 0.690. The molecule has 0 amide bonds. The topological polar surface area (TPSA) is 15.3 Å². The van der Waals surface area contributed by atoms with Gasteiger partial charge in [-0.25, -0.2) is 0 Å². The predicted molar refractivity (Wildman–Crippen MR) is 67.4 cm³/mol. The van der Waals surface area contributed by atoms with E-state index in [2.05, 4.69) is 24.1 Å². The van der Waals surface area contributed by atoms with Gasteiger partial charge in [0.2, 0.25) is 0 Å². The van der Waals surface area contributed by atoms with E-state index in [4.69, 9.17) is 0 Å². The van der Waals surface area contributed by atoms with Crippen LogP contribution in [0.5, 0.6) is 0 Å². The van der Waals surface area contributed by atoms with Crippen molar-refractivity contribution >= 4 is 0 Å². The first-order chi connectivity index (χ1) is 7.74. The molecule has 16 heavy (non-hydrogen) atoms. The Bertz CT molecular complexity index is 253. The van der Waals surface area contributed by atoms with Gasteiger partial charge in [0.15, 0.2) is 0 Å². The first-order valence-electron chi connectivity index (χ1n) is 7.21. The van der Waals surface area contributed by atoms with E-state index in [1.165, 1.54) is 38.9 Å². The molecule has 1 heterocycles. The van der Waals surface area contributed by atoms with Crippen molar-refractivity contribution in [3.63, 3.8) is 0 Å². The summed E-state index contributed by atoms with van der Waals surface area (Å²) in [6.45, 7) is 8.52. The second-order valence-corrected chi connectivity index (χ2v) is 6.43. The van der Waals surface area contributed by atoms with Crippen LogP contribution in [0, 0.1) is 17.8 Å². The Hall–Kier alpha value is -0.0800. The third kappa shape index (κ3) is 1.91. The number of fused-ring (bicyclic) bond motifs is 2. The number of hydrogen-bond acceptors (Lipinski definition) is 2. The minimum Gasteiger partial charge on any atom is -0.312 e. The quantitative estimate of drug-likeness (QED) is 0.770. The monoisotopic (exact) mass is 222 g/mol. The van der Waals surface area contributed by atoms with Crippen LogP contribution in [0.25, 0.3) is 0 Å². The van der Waals surface area contributed by atoms with Gasteiger partial charge in [0.05, 0.1) is 0 Å². The second-order valence-electron chi connectivity index (χ2n) is 6.43. The van der Waals surface area contributed by atoms with Gasteiger partial charge in [-0.3, -0.25) is 4.90 Å². The van der Waals surface area contributed by atoms with E-state index in [1.807, 2.05) is 0 Å². The Morgan fingerprint density at radius 3 is 2.75 bits per heavy atom. The van der Waals surface area contributed by atoms with Crippen LogP contribution in [0.4, 0.5) is 0 Å². The molecule has 1 N–H and O–H groups in total. The first kappa shape index (κ1) is 11.0. The first-order valence-corrected chi connectivity index (χ1v) is 7.21. The molecule has 3 aliphatic rings. The molecule has 0 aromatic heterocycles.